The second-order valence-electron chi connectivity index (χ2n) is 4.52. The Kier molecular flexibility index (Phi) is 5.35. The van der Waals surface area contributed by atoms with Crippen molar-refractivity contribution in [2.45, 2.75) is 6.42 Å². The molecule has 0 unspecified atom stereocenters. The second-order valence-corrected chi connectivity index (χ2v) is 4.96. The van der Waals surface area contributed by atoms with Crippen molar-refractivity contribution in [3.63, 3.8) is 0 Å². The number of rotatable bonds is 5. The van der Waals surface area contributed by atoms with Crippen LogP contribution >= 0.6 is 11.6 Å². The van der Waals surface area contributed by atoms with E-state index in [4.69, 9.17) is 11.6 Å². The monoisotopic (exact) mass is 301 g/mol. The molecule has 5 heteroatoms. The molecule has 0 fully saturated rings. The highest BCUT2D eigenvalue weighted by Gasteiger charge is 2.04. The predicted molar refractivity (Wildman–Crippen MR) is 86.0 cm³/mol. The molecule has 0 saturated carbocycles. The van der Waals surface area contributed by atoms with Gasteiger partial charge in [0.05, 0.1) is 17.7 Å². The summed E-state index contributed by atoms with van der Waals surface area (Å²) in [4.78, 5) is 11.7. The lowest BCUT2D eigenvalue weighted by atomic mass is 10.2. The standard InChI is InChI=1S/C16H16ClN3O/c1-20-9-5-8-15(20)11-16(21)19-18-12-14(17)10-13-6-3-2-4-7-13/h2-10,12H,11H2,1H3,(H,19,21). The van der Waals surface area contributed by atoms with Gasteiger partial charge in [-0.2, -0.15) is 5.10 Å². The number of nitrogens with zero attached hydrogens (tertiary/aromatic N) is 2. The van der Waals surface area contributed by atoms with E-state index in [1.807, 2.05) is 60.3 Å². The number of carbonyl (C=O) groups excluding carboxylic acids is 1. The van der Waals surface area contributed by atoms with Crippen LogP contribution in [0.3, 0.4) is 0 Å². The van der Waals surface area contributed by atoms with E-state index in [0.717, 1.165) is 11.3 Å². The van der Waals surface area contributed by atoms with E-state index < -0.39 is 0 Å². The highest BCUT2D eigenvalue weighted by Crippen LogP contribution is 2.07. The number of aryl methyl sites for hydroxylation is 1. The minimum absolute atomic E-state index is 0.183. The quantitative estimate of drug-likeness (QED) is 0.670. The van der Waals surface area contributed by atoms with E-state index in [2.05, 4.69) is 10.5 Å². The van der Waals surface area contributed by atoms with Crippen LogP contribution in [0.15, 0.2) is 58.8 Å². The molecule has 0 aliphatic carbocycles. The van der Waals surface area contributed by atoms with Crippen molar-refractivity contribution in [1.29, 1.82) is 0 Å². The number of hydrogen-bond acceptors (Lipinski definition) is 2. The molecule has 0 spiro atoms. The number of halogens is 1. The molecule has 0 bridgehead atoms. The Balaban J connectivity index is 1.86. The van der Waals surface area contributed by atoms with Crippen LogP contribution in [0.25, 0.3) is 6.08 Å². The first kappa shape index (κ1) is 15.1. The first-order valence-electron chi connectivity index (χ1n) is 6.49. The molecule has 0 aliphatic heterocycles. The van der Waals surface area contributed by atoms with Gasteiger partial charge in [0.25, 0.3) is 0 Å². The SMILES string of the molecule is Cn1cccc1CC(=O)NN=CC(Cl)=Cc1ccccc1. The van der Waals surface area contributed by atoms with E-state index in [9.17, 15) is 4.79 Å². The fourth-order valence-corrected chi connectivity index (χ4v) is 1.97. The molecule has 1 aromatic carbocycles. The number of hydrazone groups is 1. The normalized spacial score (nSPS) is 11.8. The van der Waals surface area contributed by atoms with Gasteiger partial charge in [0.2, 0.25) is 5.91 Å². The van der Waals surface area contributed by atoms with Crippen molar-refractivity contribution in [2.75, 3.05) is 0 Å². The van der Waals surface area contributed by atoms with Gasteiger partial charge in [-0.3, -0.25) is 4.79 Å². The lowest BCUT2D eigenvalue weighted by Crippen LogP contribution is -2.20. The molecule has 1 N–H and O–H groups in total. The molecule has 1 amide bonds. The van der Waals surface area contributed by atoms with Gasteiger partial charge in [-0.05, 0) is 23.8 Å². The third-order valence-corrected chi connectivity index (χ3v) is 3.08. The summed E-state index contributed by atoms with van der Waals surface area (Å²) >= 11 is 6.02. The van der Waals surface area contributed by atoms with E-state index in [-0.39, 0.29) is 12.3 Å². The fourth-order valence-electron chi connectivity index (χ4n) is 1.80. The van der Waals surface area contributed by atoms with Crippen molar-refractivity contribution in [3.05, 3.63) is 65.0 Å². The number of amides is 1. The summed E-state index contributed by atoms with van der Waals surface area (Å²) in [6, 6.07) is 13.4. The molecule has 0 atom stereocenters. The maximum atomic E-state index is 11.7. The Morgan fingerprint density at radius 1 is 1.29 bits per heavy atom. The Labute approximate surface area is 128 Å². The van der Waals surface area contributed by atoms with Gasteiger partial charge in [-0.15, -0.1) is 0 Å². The molecule has 1 aromatic heterocycles. The smallest absolute Gasteiger partial charge is 0.245 e. The number of carbonyl (C=O) groups is 1. The first-order chi connectivity index (χ1) is 10.1. The number of aromatic nitrogens is 1. The van der Waals surface area contributed by atoms with Gasteiger partial charge in [0.1, 0.15) is 0 Å². The Bertz CT molecular complexity index is 659. The molecule has 0 aliphatic rings. The van der Waals surface area contributed by atoms with Crippen LogP contribution in [0.4, 0.5) is 0 Å². The maximum Gasteiger partial charge on any atom is 0.245 e. The van der Waals surface area contributed by atoms with Crippen LogP contribution in [0.5, 0.6) is 0 Å². The zero-order valence-electron chi connectivity index (χ0n) is 11.7. The highest BCUT2D eigenvalue weighted by molar-refractivity contribution is 6.41. The molecule has 4 nitrogen and oxygen atoms in total. The van der Waals surface area contributed by atoms with Crippen LogP contribution in [-0.2, 0) is 18.3 Å². The Morgan fingerprint density at radius 2 is 2.05 bits per heavy atom. The van der Waals surface area contributed by atoms with Crippen molar-refractivity contribution in [2.24, 2.45) is 12.1 Å². The van der Waals surface area contributed by atoms with Gasteiger partial charge < -0.3 is 4.57 Å². The molecule has 2 rings (SSSR count). The zero-order chi connectivity index (χ0) is 15.1. The molecule has 1 heterocycles. The molecule has 0 radical (unpaired) electrons. The van der Waals surface area contributed by atoms with Gasteiger partial charge >= 0.3 is 0 Å². The number of nitrogens with one attached hydrogen (secondary N) is 1. The number of hydrogen-bond donors (Lipinski definition) is 1. The van der Waals surface area contributed by atoms with Crippen LogP contribution in [0.2, 0.25) is 0 Å². The van der Waals surface area contributed by atoms with Crippen LogP contribution in [0.1, 0.15) is 11.3 Å². The van der Waals surface area contributed by atoms with Crippen LogP contribution < -0.4 is 5.43 Å². The van der Waals surface area contributed by atoms with Crippen molar-refractivity contribution >= 4 is 29.8 Å². The van der Waals surface area contributed by atoms with Gasteiger partial charge in [-0.25, -0.2) is 5.43 Å². The third kappa shape index (κ3) is 4.93. The van der Waals surface area contributed by atoms with E-state index in [1.165, 1.54) is 6.21 Å². The van der Waals surface area contributed by atoms with E-state index in [0.29, 0.717) is 5.03 Å². The average Bonchev–Trinajstić information content (AvgIpc) is 2.85. The topological polar surface area (TPSA) is 46.4 Å². The summed E-state index contributed by atoms with van der Waals surface area (Å²) in [5, 5.41) is 4.29. The third-order valence-electron chi connectivity index (χ3n) is 2.87. The second kappa shape index (κ2) is 7.45. The van der Waals surface area contributed by atoms with Gasteiger partial charge in [0, 0.05) is 18.9 Å². The van der Waals surface area contributed by atoms with Gasteiger partial charge in [0.15, 0.2) is 0 Å². The van der Waals surface area contributed by atoms with E-state index >= 15 is 0 Å². The minimum atomic E-state index is -0.183. The number of allylic oxidation sites excluding steroid dienone is 1. The van der Waals surface area contributed by atoms with Crippen molar-refractivity contribution in [3.8, 4) is 0 Å². The first-order valence-corrected chi connectivity index (χ1v) is 6.87. The molecular weight excluding hydrogens is 286 g/mol. The molecule has 108 valence electrons. The molecule has 2 aromatic rings. The fraction of sp³-hybridized carbons (Fsp3) is 0.125. The van der Waals surface area contributed by atoms with Crippen molar-refractivity contribution < 1.29 is 4.79 Å². The van der Waals surface area contributed by atoms with Crippen LogP contribution in [0, 0.1) is 0 Å². The van der Waals surface area contributed by atoms with Crippen molar-refractivity contribution in [1.82, 2.24) is 9.99 Å². The summed E-state index contributed by atoms with van der Waals surface area (Å²) < 4.78 is 1.89. The maximum absolute atomic E-state index is 11.7. The van der Waals surface area contributed by atoms with E-state index in [1.54, 1.807) is 6.08 Å². The largest absolute Gasteiger partial charge is 0.354 e. The average molecular weight is 302 g/mol. The molecular formula is C16H16ClN3O. The summed E-state index contributed by atoms with van der Waals surface area (Å²) in [6.45, 7) is 0. The van der Waals surface area contributed by atoms with Crippen LogP contribution in [-0.4, -0.2) is 16.7 Å². The highest BCUT2D eigenvalue weighted by atomic mass is 35.5. The lowest BCUT2D eigenvalue weighted by molar-refractivity contribution is -0.120. The predicted octanol–water partition coefficient (Wildman–Crippen LogP) is 2.95. The summed E-state index contributed by atoms with van der Waals surface area (Å²) in [6.07, 6.45) is 5.36. The Hall–Kier alpha value is -2.33. The summed E-state index contributed by atoms with van der Waals surface area (Å²) in [5.74, 6) is -0.183. The number of benzene rings is 1. The molecule has 21 heavy (non-hydrogen) atoms. The molecule has 0 saturated heterocycles. The Morgan fingerprint density at radius 3 is 2.71 bits per heavy atom. The zero-order valence-corrected chi connectivity index (χ0v) is 12.4. The van der Waals surface area contributed by atoms with Gasteiger partial charge in [-0.1, -0.05) is 41.9 Å². The minimum Gasteiger partial charge on any atom is -0.354 e. The summed E-state index contributed by atoms with van der Waals surface area (Å²) in [5.41, 5.74) is 4.36. The summed E-state index contributed by atoms with van der Waals surface area (Å²) in [7, 11) is 1.89. The lowest BCUT2D eigenvalue weighted by Gasteiger charge is -2.01.